The molecule has 5 rings (SSSR count). The molecule has 1 spiro atoms. The molecular formula is C20H4Br4Cl4O3. The molecule has 3 aromatic rings. The van der Waals surface area contributed by atoms with Crippen molar-refractivity contribution in [1.29, 1.82) is 0 Å². The van der Waals surface area contributed by atoms with Gasteiger partial charge in [-0.05, 0) is 56.1 Å². The normalized spacial score (nSPS) is 15.3. The molecule has 0 unspecified atom stereocenters. The predicted molar refractivity (Wildman–Crippen MR) is 136 cm³/mol. The lowest BCUT2D eigenvalue weighted by atomic mass is 9.77. The summed E-state index contributed by atoms with van der Waals surface area (Å²) in [7, 11) is 0. The molecule has 2 aliphatic rings. The van der Waals surface area contributed by atoms with Crippen molar-refractivity contribution in [2.75, 3.05) is 0 Å². The smallest absolute Gasteiger partial charge is 0.341 e. The number of benzene rings is 3. The molecular weight excluding hydrogens is 750 g/mol. The summed E-state index contributed by atoms with van der Waals surface area (Å²) in [6, 6.07) is 7.25. The molecule has 0 N–H and O–H groups in total. The molecule has 0 aromatic heterocycles. The minimum Gasteiger partial charge on any atom is -0.454 e. The van der Waals surface area contributed by atoms with Crippen LogP contribution in [0.4, 0.5) is 0 Å². The highest BCUT2D eigenvalue weighted by Gasteiger charge is 2.57. The Balaban J connectivity index is 2.04. The number of carbonyl (C=O) groups excluding carboxylic acids is 1. The van der Waals surface area contributed by atoms with Gasteiger partial charge >= 0.3 is 5.97 Å². The minimum absolute atomic E-state index is 0.0144. The average Bonchev–Trinajstić information content (AvgIpc) is 3.00. The molecule has 0 saturated heterocycles. The molecule has 2 aliphatic heterocycles. The van der Waals surface area contributed by atoms with Crippen LogP contribution >= 0.6 is 110 Å². The maximum atomic E-state index is 13.2. The lowest BCUT2D eigenvalue weighted by Gasteiger charge is -2.38. The molecule has 0 atom stereocenters. The Morgan fingerprint density at radius 3 is 1.71 bits per heavy atom. The van der Waals surface area contributed by atoms with E-state index in [0.29, 0.717) is 37.1 Å². The van der Waals surface area contributed by atoms with Crippen molar-refractivity contribution < 1.29 is 14.3 Å². The molecule has 0 aliphatic carbocycles. The highest BCUT2D eigenvalue weighted by molar-refractivity contribution is 9.11. The van der Waals surface area contributed by atoms with E-state index in [1.165, 1.54) is 0 Å². The number of ether oxygens (including phenoxy) is 2. The van der Waals surface area contributed by atoms with Crippen LogP contribution in [-0.4, -0.2) is 5.97 Å². The fraction of sp³-hybridized carbons (Fsp3) is 0.0500. The predicted octanol–water partition coefficient (Wildman–Crippen LogP) is 9.92. The fourth-order valence-corrected chi connectivity index (χ4v) is 7.55. The van der Waals surface area contributed by atoms with Crippen LogP contribution < -0.4 is 4.74 Å². The number of esters is 1. The highest BCUT2D eigenvalue weighted by atomic mass is 79.9. The van der Waals surface area contributed by atoms with E-state index in [2.05, 4.69) is 63.7 Å². The van der Waals surface area contributed by atoms with E-state index in [0.717, 1.165) is 8.95 Å². The molecule has 0 bridgehead atoms. The monoisotopic (exact) mass is 748 g/mol. The maximum absolute atomic E-state index is 13.2. The van der Waals surface area contributed by atoms with Gasteiger partial charge in [0.15, 0.2) is 5.60 Å². The molecule has 0 amide bonds. The first-order valence-electron chi connectivity index (χ1n) is 8.34. The van der Waals surface area contributed by atoms with Crippen molar-refractivity contribution in [2.45, 2.75) is 5.60 Å². The van der Waals surface area contributed by atoms with Crippen molar-refractivity contribution in [2.24, 2.45) is 0 Å². The van der Waals surface area contributed by atoms with Gasteiger partial charge in [-0.1, -0.05) is 78.3 Å². The van der Waals surface area contributed by atoms with Gasteiger partial charge < -0.3 is 9.47 Å². The molecule has 11 heteroatoms. The highest BCUT2D eigenvalue weighted by Crippen LogP contribution is 2.63. The second kappa shape index (κ2) is 7.77. The van der Waals surface area contributed by atoms with Gasteiger partial charge in [-0.15, -0.1) is 0 Å². The van der Waals surface area contributed by atoms with Gasteiger partial charge in [-0.2, -0.15) is 0 Å². The second-order valence-electron chi connectivity index (χ2n) is 6.71. The molecule has 0 radical (unpaired) electrons. The lowest BCUT2D eigenvalue weighted by molar-refractivity contribution is 0.0223. The molecule has 158 valence electrons. The Bertz CT molecular complexity index is 1300. The first-order chi connectivity index (χ1) is 14.6. The zero-order chi connectivity index (χ0) is 22.4. The topological polar surface area (TPSA) is 35.5 Å². The summed E-state index contributed by atoms with van der Waals surface area (Å²) in [5.74, 6) is 0.238. The third-order valence-corrected chi connectivity index (χ3v) is 8.94. The number of fused-ring (bicyclic) bond motifs is 6. The first-order valence-corrected chi connectivity index (χ1v) is 13.0. The van der Waals surface area contributed by atoms with Crippen LogP contribution in [-0.2, 0) is 10.3 Å². The Kier molecular flexibility index (Phi) is 5.71. The Morgan fingerprint density at radius 1 is 0.710 bits per heavy atom. The zero-order valence-electron chi connectivity index (χ0n) is 14.6. The van der Waals surface area contributed by atoms with Crippen LogP contribution in [0.3, 0.4) is 0 Å². The summed E-state index contributed by atoms with van der Waals surface area (Å²) in [5, 5.41) is 0.0653. The largest absolute Gasteiger partial charge is 0.454 e. The van der Waals surface area contributed by atoms with Gasteiger partial charge in [-0.3, -0.25) is 0 Å². The quantitative estimate of drug-likeness (QED) is 0.130. The van der Waals surface area contributed by atoms with Crippen LogP contribution in [0.25, 0.3) is 0 Å². The van der Waals surface area contributed by atoms with Crippen LogP contribution in [0.2, 0.25) is 20.1 Å². The third-order valence-electron chi connectivity index (χ3n) is 5.05. The molecule has 0 saturated carbocycles. The molecule has 0 fully saturated rings. The number of halogens is 8. The number of hydrogen-bond donors (Lipinski definition) is 0. The van der Waals surface area contributed by atoms with Gasteiger partial charge in [0.05, 0.1) is 34.6 Å². The SMILES string of the molecule is O=C1OC2(c3cc(Br)cc(Br)c3Oc3c(Br)cc(Br)cc32)c2c(Cl)c(Cl)c(Cl)c(Cl)c21. The van der Waals surface area contributed by atoms with Gasteiger partial charge in [0.1, 0.15) is 11.5 Å². The van der Waals surface area contributed by atoms with Crippen molar-refractivity contribution in [3.05, 3.63) is 84.5 Å². The van der Waals surface area contributed by atoms with E-state index in [1.54, 1.807) is 12.1 Å². The minimum atomic E-state index is -1.48. The van der Waals surface area contributed by atoms with E-state index >= 15 is 0 Å². The number of hydrogen-bond acceptors (Lipinski definition) is 3. The van der Waals surface area contributed by atoms with Gasteiger partial charge in [0, 0.05) is 25.6 Å². The van der Waals surface area contributed by atoms with E-state index < -0.39 is 11.6 Å². The third kappa shape index (κ3) is 3.11. The summed E-state index contributed by atoms with van der Waals surface area (Å²) in [6.07, 6.45) is 0. The number of rotatable bonds is 0. The molecule has 3 nitrogen and oxygen atoms in total. The van der Waals surface area contributed by atoms with Crippen LogP contribution in [0.5, 0.6) is 11.5 Å². The molecule has 3 aromatic carbocycles. The standard InChI is InChI=1S/C20H4Br4Cl4O3/c21-5-1-7-17(9(23)3-5)30-18-8(2-6(22)4-10(18)24)20(7)12-11(19(29)31-20)13(25)15(27)16(28)14(12)26/h1-4H. The van der Waals surface area contributed by atoms with Gasteiger partial charge in [0.25, 0.3) is 0 Å². The van der Waals surface area contributed by atoms with Crippen LogP contribution in [0.1, 0.15) is 27.0 Å². The van der Waals surface area contributed by atoms with Crippen LogP contribution in [0.15, 0.2) is 42.2 Å². The van der Waals surface area contributed by atoms with E-state index in [9.17, 15) is 4.79 Å². The summed E-state index contributed by atoms with van der Waals surface area (Å²) in [6.45, 7) is 0. The van der Waals surface area contributed by atoms with Crippen molar-refractivity contribution >= 4 is 116 Å². The Morgan fingerprint density at radius 2 is 1.19 bits per heavy atom. The Hall–Kier alpha value is 0.01000. The van der Waals surface area contributed by atoms with E-state index in [4.69, 9.17) is 55.9 Å². The summed E-state index contributed by atoms with van der Waals surface area (Å²) >= 11 is 39.9. The summed E-state index contributed by atoms with van der Waals surface area (Å²) in [4.78, 5) is 13.2. The van der Waals surface area contributed by atoms with Crippen molar-refractivity contribution in [1.82, 2.24) is 0 Å². The second-order valence-corrected chi connectivity index (χ2v) is 11.8. The van der Waals surface area contributed by atoms with Crippen molar-refractivity contribution in [3.63, 3.8) is 0 Å². The molecule has 2 heterocycles. The first kappa shape index (κ1) is 22.8. The zero-order valence-corrected chi connectivity index (χ0v) is 23.9. The maximum Gasteiger partial charge on any atom is 0.341 e. The summed E-state index contributed by atoms with van der Waals surface area (Å²) < 4.78 is 15.1. The van der Waals surface area contributed by atoms with Gasteiger partial charge in [-0.25, -0.2) is 4.79 Å². The average molecular weight is 754 g/mol. The summed E-state index contributed by atoms with van der Waals surface area (Å²) in [5.41, 5.74) is -0.0427. The van der Waals surface area contributed by atoms with E-state index in [-0.39, 0.29) is 25.7 Å². The fourth-order valence-electron chi connectivity index (χ4n) is 3.87. The Labute approximate surface area is 229 Å². The van der Waals surface area contributed by atoms with Gasteiger partial charge in [0.2, 0.25) is 0 Å². The number of carbonyl (C=O) groups is 1. The molecule has 31 heavy (non-hydrogen) atoms. The van der Waals surface area contributed by atoms with Crippen molar-refractivity contribution in [3.8, 4) is 11.5 Å². The van der Waals surface area contributed by atoms with E-state index in [1.807, 2.05) is 12.1 Å². The lowest BCUT2D eigenvalue weighted by Crippen LogP contribution is -2.33. The van der Waals surface area contributed by atoms with Crippen LogP contribution in [0, 0.1) is 0 Å².